The number of benzene rings is 1. The van der Waals surface area contributed by atoms with Gasteiger partial charge in [0.25, 0.3) is 0 Å². The van der Waals surface area contributed by atoms with E-state index in [1.165, 1.54) is 19.3 Å². The first-order valence-corrected chi connectivity index (χ1v) is 7.75. The maximum Gasteiger partial charge on any atom is 0.248 e. The third-order valence-electron chi connectivity index (χ3n) is 4.43. The molecule has 3 N–H and O–H groups in total. The van der Waals surface area contributed by atoms with Gasteiger partial charge in [-0.05, 0) is 60.8 Å². The normalized spacial score (nSPS) is 21.0. The monoisotopic (exact) mass is 288 g/mol. The van der Waals surface area contributed by atoms with Crippen molar-refractivity contribution in [3.05, 3.63) is 29.3 Å². The lowest BCUT2D eigenvalue weighted by molar-refractivity contribution is 0.1000. The number of amides is 1. The zero-order valence-electron chi connectivity index (χ0n) is 13.9. The van der Waals surface area contributed by atoms with E-state index in [9.17, 15) is 4.79 Å². The average molecular weight is 288 g/mol. The van der Waals surface area contributed by atoms with Gasteiger partial charge in [-0.1, -0.05) is 27.7 Å². The molecule has 1 aromatic carbocycles. The number of hydrogen-bond acceptors (Lipinski definition) is 2. The molecule has 0 radical (unpaired) electrons. The van der Waals surface area contributed by atoms with Crippen LogP contribution < -0.4 is 11.1 Å². The molecule has 0 atom stereocenters. The Bertz CT molecular complexity index is 530. The summed E-state index contributed by atoms with van der Waals surface area (Å²) in [5, 5.41) is 3.67. The predicted molar refractivity (Wildman–Crippen MR) is 88.5 cm³/mol. The van der Waals surface area contributed by atoms with E-state index in [1.54, 1.807) is 6.07 Å². The maximum atomic E-state index is 11.2. The highest BCUT2D eigenvalue weighted by Crippen LogP contribution is 2.46. The Morgan fingerprint density at radius 3 is 2.24 bits per heavy atom. The van der Waals surface area contributed by atoms with Crippen LogP contribution in [0.3, 0.4) is 0 Å². The predicted octanol–water partition coefficient (Wildman–Crippen LogP) is 4.11. The van der Waals surface area contributed by atoms with Crippen molar-refractivity contribution in [2.24, 2.45) is 16.6 Å². The summed E-state index contributed by atoms with van der Waals surface area (Å²) in [5.41, 5.74) is 8.81. The van der Waals surface area contributed by atoms with Gasteiger partial charge in [0, 0.05) is 17.3 Å². The molecule has 0 bridgehead atoms. The number of anilines is 1. The fourth-order valence-electron chi connectivity index (χ4n) is 4.15. The number of primary amides is 1. The van der Waals surface area contributed by atoms with Gasteiger partial charge >= 0.3 is 0 Å². The van der Waals surface area contributed by atoms with E-state index in [2.05, 4.69) is 33.0 Å². The summed E-state index contributed by atoms with van der Waals surface area (Å²) in [6, 6.07) is 6.12. The molecule has 1 aliphatic rings. The second kappa shape index (κ2) is 5.36. The van der Waals surface area contributed by atoms with Gasteiger partial charge in [0.2, 0.25) is 5.91 Å². The van der Waals surface area contributed by atoms with Gasteiger partial charge in [0.05, 0.1) is 0 Å². The van der Waals surface area contributed by atoms with E-state index >= 15 is 0 Å². The molecule has 0 unspecified atom stereocenters. The Hall–Kier alpha value is -1.51. The number of nitrogens with one attached hydrogen (secondary N) is 1. The van der Waals surface area contributed by atoms with Crippen molar-refractivity contribution < 1.29 is 4.79 Å². The summed E-state index contributed by atoms with van der Waals surface area (Å²) >= 11 is 0. The lowest BCUT2D eigenvalue weighted by Gasteiger charge is -2.45. The van der Waals surface area contributed by atoms with Crippen molar-refractivity contribution in [1.29, 1.82) is 0 Å². The topological polar surface area (TPSA) is 55.1 Å². The average Bonchev–Trinajstić information content (AvgIpc) is 2.27. The number of hydrogen-bond donors (Lipinski definition) is 2. The Kier molecular flexibility index (Phi) is 4.05. The van der Waals surface area contributed by atoms with Gasteiger partial charge in [0.1, 0.15) is 0 Å². The molecule has 1 saturated carbocycles. The first-order valence-electron chi connectivity index (χ1n) is 7.75. The van der Waals surface area contributed by atoms with Gasteiger partial charge in [0.15, 0.2) is 0 Å². The molecule has 1 aliphatic carbocycles. The molecule has 0 aliphatic heterocycles. The number of carbonyl (C=O) groups excluding carboxylic acids is 1. The summed E-state index contributed by atoms with van der Waals surface area (Å²) in [6.45, 7) is 11.4. The van der Waals surface area contributed by atoms with Crippen LogP contribution in [0.4, 0.5) is 5.69 Å². The number of nitrogens with two attached hydrogens (primary N) is 1. The van der Waals surface area contributed by atoms with Crippen molar-refractivity contribution in [3.8, 4) is 0 Å². The number of rotatable bonds is 3. The Labute approximate surface area is 128 Å². The van der Waals surface area contributed by atoms with Gasteiger partial charge < -0.3 is 11.1 Å². The fourth-order valence-corrected chi connectivity index (χ4v) is 4.15. The SMILES string of the molecule is Cc1cc(C(N)=O)ccc1NC1CC(C)(C)CC(C)(C)C1. The van der Waals surface area contributed by atoms with Crippen molar-refractivity contribution in [1.82, 2.24) is 0 Å². The van der Waals surface area contributed by atoms with Crippen LogP contribution in [0.2, 0.25) is 0 Å². The molecule has 0 aromatic heterocycles. The van der Waals surface area contributed by atoms with Crippen LogP contribution in [0.1, 0.15) is 62.9 Å². The highest BCUT2D eigenvalue weighted by Gasteiger charge is 2.38. The van der Waals surface area contributed by atoms with Gasteiger partial charge in [-0.3, -0.25) is 4.79 Å². The molecule has 3 heteroatoms. The van der Waals surface area contributed by atoms with E-state index in [0.717, 1.165) is 11.3 Å². The van der Waals surface area contributed by atoms with Gasteiger partial charge in [-0.15, -0.1) is 0 Å². The molecule has 2 rings (SSSR count). The first kappa shape index (κ1) is 15.9. The van der Waals surface area contributed by atoms with Crippen molar-refractivity contribution >= 4 is 11.6 Å². The van der Waals surface area contributed by atoms with Gasteiger partial charge in [-0.25, -0.2) is 0 Å². The highest BCUT2D eigenvalue weighted by atomic mass is 16.1. The van der Waals surface area contributed by atoms with Crippen LogP contribution in [-0.4, -0.2) is 11.9 Å². The standard InChI is InChI=1S/C18H28N2O/c1-12-8-13(16(19)21)6-7-15(12)20-14-9-17(2,3)11-18(4,5)10-14/h6-8,14,20H,9-11H2,1-5H3,(H2,19,21). The van der Waals surface area contributed by atoms with Crippen LogP contribution in [0.25, 0.3) is 0 Å². The third-order valence-corrected chi connectivity index (χ3v) is 4.43. The summed E-state index contributed by atoms with van der Waals surface area (Å²) in [7, 11) is 0. The van der Waals surface area contributed by atoms with E-state index in [4.69, 9.17) is 5.73 Å². The van der Waals surface area contributed by atoms with Crippen molar-refractivity contribution in [2.75, 3.05) is 5.32 Å². The minimum absolute atomic E-state index is 0.362. The molecule has 0 spiro atoms. The summed E-state index contributed by atoms with van der Waals surface area (Å²) in [6.07, 6.45) is 3.61. The summed E-state index contributed by atoms with van der Waals surface area (Å²) < 4.78 is 0. The van der Waals surface area contributed by atoms with Crippen LogP contribution in [0.5, 0.6) is 0 Å². The van der Waals surface area contributed by atoms with Crippen LogP contribution in [0.15, 0.2) is 18.2 Å². The number of carbonyl (C=O) groups is 1. The van der Waals surface area contributed by atoms with E-state index in [-0.39, 0.29) is 5.91 Å². The summed E-state index contributed by atoms with van der Waals surface area (Å²) in [4.78, 5) is 11.2. The lowest BCUT2D eigenvalue weighted by atomic mass is 9.63. The van der Waals surface area contributed by atoms with Crippen LogP contribution >= 0.6 is 0 Å². The second-order valence-electron chi connectivity index (χ2n) is 8.15. The first-order chi connectivity index (χ1) is 9.58. The van der Waals surface area contributed by atoms with Crippen molar-refractivity contribution in [3.63, 3.8) is 0 Å². The van der Waals surface area contributed by atoms with E-state index in [0.29, 0.717) is 22.4 Å². The quantitative estimate of drug-likeness (QED) is 0.879. The molecule has 1 amide bonds. The largest absolute Gasteiger partial charge is 0.382 e. The fraction of sp³-hybridized carbons (Fsp3) is 0.611. The number of aryl methyl sites for hydroxylation is 1. The smallest absolute Gasteiger partial charge is 0.248 e. The third kappa shape index (κ3) is 3.99. The molecule has 0 saturated heterocycles. The highest BCUT2D eigenvalue weighted by molar-refractivity contribution is 5.93. The van der Waals surface area contributed by atoms with Gasteiger partial charge in [-0.2, -0.15) is 0 Å². The van der Waals surface area contributed by atoms with Crippen molar-refractivity contribution in [2.45, 2.75) is 59.9 Å². The molecular formula is C18H28N2O. The minimum Gasteiger partial charge on any atom is -0.382 e. The maximum absolute atomic E-state index is 11.2. The zero-order chi connectivity index (χ0) is 15.8. The molecular weight excluding hydrogens is 260 g/mol. The Balaban J connectivity index is 2.16. The second-order valence-corrected chi connectivity index (χ2v) is 8.15. The molecule has 0 heterocycles. The Morgan fingerprint density at radius 1 is 1.19 bits per heavy atom. The van der Waals surface area contributed by atoms with E-state index < -0.39 is 0 Å². The molecule has 3 nitrogen and oxygen atoms in total. The minimum atomic E-state index is -0.371. The van der Waals surface area contributed by atoms with E-state index in [1.807, 2.05) is 19.1 Å². The zero-order valence-corrected chi connectivity index (χ0v) is 13.9. The van der Waals surface area contributed by atoms with Crippen LogP contribution in [0, 0.1) is 17.8 Å². The molecule has 116 valence electrons. The Morgan fingerprint density at radius 2 is 1.76 bits per heavy atom. The molecule has 1 aromatic rings. The molecule has 21 heavy (non-hydrogen) atoms. The summed E-state index contributed by atoms with van der Waals surface area (Å²) in [5.74, 6) is -0.371. The lowest BCUT2D eigenvalue weighted by Crippen LogP contribution is -2.40. The van der Waals surface area contributed by atoms with Crippen LogP contribution in [-0.2, 0) is 0 Å². The molecule has 1 fully saturated rings.